The third kappa shape index (κ3) is 3.03. The molecule has 0 aliphatic heterocycles. The number of anilines is 1. The van der Waals surface area contributed by atoms with Gasteiger partial charge in [0.05, 0.1) is 12.8 Å². The Kier molecular flexibility index (Phi) is 4.43. The zero-order valence-electron chi connectivity index (χ0n) is 9.29. The SMILES string of the molecule is CCC(Nc1cc(Cl)ccc1OC)C(N)=O. The second-order valence-electron chi connectivity index (χ2n) is 3.35. The van der Waals surface area contributed by atoms with Crippen molar-refractivity contribution in [2.45, 2.75) is 19.4 Å². The van der Waals surface area contributed by atoms with Crippen molar-refractivity contribution in [1.82, 2.24) is 0 Å². The minimum atomic E-state index is -0.424. The van der Waals surface area contributed by atoms with Crippen molar-refractivity contribution in [2.24, 2.45) is 5.73 Å². The number of carbonyl (C=O) groups is 1. The van der Waals surface area contributed by atoms with E-state index in [0.717, 1.165) is 0 Å². The standard InChI is InChI=1S/C11H15ClN2O2/c1-3-8(11(13)15)14-9-6-7(12)4-5-10(9)16-2/h4-6,8,14H,3H2,1-2H3,(H2,13,15). The quantitative estimate of drug-likeness (QED) is 0.830. The lowest BCUT2D eigenvalue weighted by Crippen LogP contribution is -2.34. The number of nitrogens with two attached hydrogens (primary N) is 1. The molecule has 0 saturated carbocycles. The molecule has 0 aliphatic rings. The Morgan fingerprint density at radius 1 is 1.62 bits per heavy atom. The van der Waals surface area contributed by atoms with Crippen LogP contribution in [0.15, 0.2) is 18.2 Å². The van der Waals surface area contributed by atoms with Crippen molar-refractivity contribution in [3.8, 4) is 5.75 Å². The Balaban J connectivity index is 2.93. The van der Waals surface area contributed by atoms with Crippen molar-refractivity contribution in [2.75, 3.05) is 12.4 Å². The van der Waals surface area contributed by atoms with E-state index in [0.29, 0.717) is 22.9 Å². The van der Waals surface area contributed by atoms with Crippen molar-refractivity contribution in [1.29, 1.82) is 0 Å². The lowest BCUT2D eigenvalue weighted by Gasteiger charge is -2.17. The molecule has 0 aromatic heterocycles. The normalized spacial score (nSPS) is 11.9. The summed E-state index contributed by atoms with van der Waals surface area (Å²) in [6.07, 6.45) is 0.602. The van der Waals surface area contributed by atoms with Crippen molar-refractivity contribution < 1.29 is 9.53 Å². The van der Waals surface area contributed by atoms with Crippen LogP contribution in [0.4, 0.5) is 5.69 Å². The number of halogens is 1. The number of primary amides is 1. The first kappa shape index (κ1) is 12.6. The lowest BCUT2D eigenvalue weighted by atomic mass is 10.2. The molecule has 1 rings (SSSR count). The third-order valence-electron chi connectivity index (χ3n) is 2.24. The second kappa shape index (κ2) is 5.61. The van der Waals surface area contributed by atoms with Crippen LogP contribution < -0.4 is 15.8 Å². The van der Waals surface area contributed by atoms with Gasteiger partial charge in [-0.2, -0.15) is 0 Å². The minimum Gasteiger partial charge on any atom is -0.495 e. The van der Waals surface area contributed by atoms with E-state index in [4.69, 9.17) is 22.1 Å². The first-order valence-corrected chi connectivity index (χ1v) is 5.35. The van der Waals surface area contributed by atoms with Crippen LogP contribution >= 0.6 is 11.6 Å². The van der Waals surface area contributed by atoms with Crippen molar-refractivity contribution in [3.63, 3.8) is 0 Å². The van der Waals surface area contributed by atoms with Gasteiger partial charge in [0.1, 0.15) is 11.8 Å². The number of amides is 1. The van der Waals surface area contributed by atoms with E-state index in [9.17, 15) is 4.79 Å². The Hall–Kier alpha value is -1.42. The summed E-state index contributed by atoms with van der Waals surface area (Å²) in [6.45, 7) is 1.87. The van der Waals surface area contributed by atoms with Crippen LogP contribution in [0, 0.1) is 0 Å². The van der Waals surface area contributed by atoms with Crippen LogP contribution in [0.25, 0.3) is 0 Å². The maximum Gasteiger partial charge on any atom is 0.239 e. The summed E-state index contributed by atoms with van der Waals surface area (Å²) in [7, 11) is 1.56. The fraction of sp³-hybridized carbons (Fsp3) is 0.364. The molecular weight excluding hydrogens is 228 g/mol. The lowest BCUT2D eigenvalue weighted by molar-refractivity contribution is -0.118. The molecule has 0 saturated heterocycles. The van der Waals surface area contributed by atoms with Gasteiger partial charge in [0.15, 0.2) is 0 Å². The molecule has 1 aromatic carbocycles. The van der Waals surface area contributed by atoms with Gasteiger partial charge >= 0.3 is 0 Å². The summed E-state index contributed by atoms with van der Waals surface area (Å²) in [5.74, 6) is 0.230. The van der Waals surface area contributed by atoms with Gasteiger partial charge in [-0.25, -0.2) is 0 Å². The molecule has 0 fully saturated rings. The molecular formula is C11H15ClN2O2. The smallest absolute Gasteiger partial charge is 0.239 e. The molecule has 4 nitrogen and oxygen atoms in total. The largest absolute Gasteiger partial charge is 0.495 e. The zero-order valence-corrected chi connectivity index (χ0v) is 10.0. The molecule has 5 heteroatoms. The molecule has 0 bridgehead atoms. The number of carbonyl (C=O) groups excluding carboxylic acids is 1. The first-order valence-electron chi connectivity index (χ1n) is 4.97. The Labute approximate surface area is 99.7 Å². The number of nitrogens with one attached hydrogen (secondary N) is 1. The fourth-order valence-electron chi connectivity index (χ4n) is 1.36. The maximum absolute atomic E-state index is 11.1. The average molecular weight is 243 g/mol. The topological polar surface area (TPSA) is 64.3 Å². The van der Waals surface area contributed by atoms with Crippen LogP contribution in [0.5, 0.6) is 5.75 Å². The molecule has 0 radical (unpaired) electrons. The van der Waals surface area contributed by atoms with Gasteiger partial charge in [0.25, 0.3) is 0 Å². The average Bonchev–Trinajstić information content (AvgIpc) is 2.25. The Bertz CT molecular complexity index is 382. The summed E-state index contributed by atoms with van der Waals surface area (Å²) in [4.78, 5) is 11.1. The van der Waals surface area contributed by atoms with Gasteiger partial charge in [-0.3, -0.25) is 4.79 Å². The highest BCUT2D eigenvalue weighted by molar-refractivity contribution is 6.30. The first-order chi connectivity index (χ1) is 7.58. The van der Waals surface area contributed by atoms with E-state index in [1.165, 1.54) is 0 Å². The fourth-order valence-corrected chi connectivity index (χ4v) is 1.53. The molecule has 1 amide bonds. The van der Waals surface area contributed by atoms with Crippen LogP contribution in [-0.2, 0) is 4.79 Å². The predicted octanol–water partition coefficient (Wildman–Crippen LogP) is 2.02. The van der Waals surface area contributed by atoms with Crippen LogP contribution in [0.1, 0.15) is 13.3 Å². The van der Waals surface area contributed by atoms with Gasteiger partial charge in [0, 0.05) is 5.02 Å². The number of rotatable bonds is 5. The number of methoxy groups -OCH3 is 1. The van der Waals surface area contributed by atoms with Gasteiger partial charge in [0.2, 0.25) is 5.91 Å². The molecule has 0 heterocycles. The Morgan fingerprint density at radius 2 is 2.31 bits per heavy atom. The van der Waals surface area contributed by atoms with Crippen molar-refractivity contribution in [3.05, 3.63) is 23.2 Å². The van der Waals surface area contributed by atoms with Crippen LogP contribution in [0.3, 0.4) is 0 Å². The number of hydrogen-bond acceptors (Lipinski definition) is 3. The van der Waals surface area contributed by atoms with E-state index < -0.39 is 11.9 Å². The molecule has 1 aromatic rings. The molecule has 16 heavy (non-hydrogen) atoms. The second-order valence-corrected chi connectivity index (χ2v) is 3.79. The Morgan fingerprint density at radius 3 is 2.81 bits per heavy atom. The molecule has 1 atom stereocenters. The molecule has 0 spiro atoms. The highest BCUT2D eigenvalue weighted by atomic mass is 35.5. The van der Waals surface area contributed by atoms with Crippen LogP contribution in [-0.4, -0.2) is 19.1 Å². The zero-order chi connectivity index (χ0) is 12.1. The van der Waals surface area contributed by atoms with Crippen molar-refractivity contribution >= 4 is 23.2 Å². The summed E-state index contributed by atoms with van der Waals surface area (Å²) in [6, 6.07) is 4.73. The maximum atomic E-state index is 11.1. The van der Waals surface area contributed by atoms with E-state index in [2.05, 4.69) is 5.32 Å². The van der Waals surface area contributed by atoms with E-state index in [1.807, 2.05) is 6.92 Å². The highest BCUT2D eigenvalue weighted by Gasteiger charge is 2.14. The summed E-state index contributed by atoms with van der Waals surface area (Å²) < 4.78 is 5.15. The minimum absolute atomic E-state index is 0.399. The summed E-state index contributed by atoms with van der Waals surface area (Å²) >= 11 is 5.87. The molecule has 88 valence electrons. The molecule has 1 unspecified atom stereocenters. The van der Waals surface area contributed by atoms with Gasteiger partial charge in [-0.1, -0.05) is 18.5 Å². The van der Waals surface area contributed by atoms with E-state index >= 15 is 0 Å². The van der Waals surface area contributed by atoms with Gasteiger partial charge in [-0.05, 0) is 24.6 Å². The summed E-state index contributed by atoms with van der Waals surface area (Å²) in [5, 5.41) is 3.58. The third-order valence-corrected chi connectivity index (χ3v) is 2.48. The predicted molar refractivity (Wildman–Crippen MR) is 64.9 cm³/mol. The van der Waals surface area contributed by atoms with Gasteiger partial charge < -0.3 is 15.8 Å². The van der Waals surface area contributed by atoms with Gasteiger partial charge in [-0.15, -0.1) is 0 Å². The number of benzene rings is 1. The number of ether oxygens (including phenoxy) is 1. The summed E-state index contributed by atoms with van der Waals surface area (Å²) in [5.41, 5.74) is 5.92. The molecule has 3 N–H and O–H groups in total. The van der Waals surface area contributed by atoms with Crippen LogP contribution in [0.2, 0.25) is 5.02 Å². The highest BCUT2D eigenvalue weighted by Crippen LogP contribution is 2.28. The van der Waals surface area contributed by atoms with E-state index in [-0.39, 0.29) is 0 Å². The number of hydrogen-bond donors (Lipinski definition) is 2. The van der Waals surface area contributed by atoms with E-state index in [1.54, 1.807) is 25.3 Å². The monoisotopic (exact) mass is 242 g/mol. The molecule has 0 aliphatic carbocycles.